The number of nitrogens with zero attached hydrogens (tertiary/aromatic N) is 4. The fourth-order valence-electron chi connectivity index (χ4n) is 5.01. The molecule has 9 heteroatoms. The van der Waals surface area contributed by atoms with E-state index in [0.29, 0.717) is 47.3 Å². The summed E-state index contributed by atoms with van der Waals surface area (Å²) in [7, 11) is 1.43. The lowest BCUT2D eigenvalue weighted by Crippen LogP contribution is -2.34. The van der Waals surface area contributed by atoms with Crippen LogP contribution in [0, 0.1) is 17.1 Å². The molecule has 0 saturated carbocycles. The number of nitrogens with two attached hydrogens (primary N) is 1. The van der Waals surface area contributed by atoms with Crippen molar-refractivity contribution in [3.8, 4) is 17.3 Å². The number of carbonyl (C=O) groups excluding carboxylic acids is 2. The van der Waals surface area contributed by atoms with Gasteiger partial charge in [-0.3, -0.25) is 14.6 Å². The number of primary amides is 1. The molecule has 43 heavy (non-hydrogen) atoms. The first-order valence-corrected chi connectivity index (χ1v) is 13.8. The van der Waals surface area contributed by atoms with E-state index in [1.54, 1.807) is 30.3 Å². The van der Waals surface area contributed by atoms with Gasteiger partial charge in [0.2, 0.25) is 5.91 Å². The molecule has 8 nitrogen and oxygen atoms in total. The van der Waals surface area contributed by atoms with Gasteiger partial charge in [0.1, 0.15) is 11.6 Å². The number of hydrogen-bond acceptors (Lipinski definition) is 6. The number of hydrogen-bond donors (Lipinski definition) is 1. The minimum Gasteiger partial charge on any atom is -0.370 e. The van der Waals surface area contributed by atoms with E-state index in [0.717, 1.165) is 28.0 Å². The molecule has 2 aromatic heterocycles. The number of benzene rings is 3. The zero-order chi connectivity index (χ0) is 30.5. The Morgan fingerprint density at radius 2 is 1.81 bits per heavy atom. The van der Waals surface area contributed by atoms with Crippen LogP contribution in [0.2, 0.25) is 0 Å². The molecule has 5 aromatic rings. The van der Waals surface area contributed by atoms with Crippen LogP contribution >= 0.6 is 0 Å². The number of amides is 1. The van der Waals surface area contributed by atoms with Crippen molar-refractivity contribution in [2.24, 2.45) is 5.73 Å². The SMILES string of the molecule is CO[C@@H](Cn1c(Cc2ccc(-c3cccc(CCc4ccc(C#N)cc4F)n3)cc2)nc2ccc(C(C)=O)cc21)C(N)=O. The smallest absolute Gasteiger partial charge is 0.248 e. The first-order chi connectivity index (χ1) is 20.7. The average molecular weight is 576 g/mol. The third-order valence-corrected chi connectivity index (χ3v) is 7.44. The monoisotopic (exact) mass is 575 g/mol. The Kier molecular flexibility index (Phi) is 8.69. The average Bonchev–Trinajstić information content (AvgIpc) is 3.35. The standard InChI is InChI=1S/C34H30FN5O3/c1-21(41)26-13-15-30-31(18-26)40(20-32(43-2)34(37)42)33(39-30)17-22-6-10-25(11-7-22)29-5-3-4-27(38-29)14-12-24-9-8-23(19-36)16-28(24)35/h3-11,13,15-16,18,32H,12,14,17,20H2,1-2H3,(H2,37,42)/t32-/m0/s1. The molecule has 5 rings (SSSR count). The van der Waals surface area contributed by atoms with E-state index in [4.69, 9.17) is 25.7 Å². The summed E-state index contributed by atoms with van der Waals surface area (Å²) >= 11 is 0. The summed E-state index contributed by atoms with van der Waals surface area (Å²) in [5, 5.41) is 8.96. The van der Waals surface area contributed by atoms with Gasteiger partial charge >= 0.3 is 0 Å². The molecule has 0 fully saturated rings. The molecule has 2 N–H and O–H groups in total. The highest BCUT2D eigenvalue weighted by atomic mass is 19.1. The molecule has 1 atom stereocenters. The molecule has 2 heterocycles. The van der Waals surface area contributed by atoms with Crippen LogP contribution in [0.1, 0.15) is 45.5 Å². The second kappa shape index (κ2) is 12.8. The van der Waals surface area contributed by atoms with Crippen LogP contribution < -0.4 is 5.73 Å². The largest absolute Gasteiger partial charge is 0.370 e. The Balaban J connectivity index is 1.36. The number of rotatable bonds is 11. The number of fused-ring (bicyclic) bond motifs is 1. The molecule has 0 unspecified atom stereocenters. The van der Waals surface area contributed by atoms with Crippen LogP contribution in [0.15, 0.2) is 78.9 Å². The van der Waals surface area contributed by atoms with Crippen molar-refractivity contribution < 1.29 is 18.7 Å². The number of Topliss-reactive ketones (excluding diaryl/α,β-unsaturated/α-hetero) is 1. The number of nitriles is 1. The number of carbonyl (C=O) groups is 2. The number of ether oxygens (including phenoxy) is 1. The molecule has 216 valence electrons. The van der Waals surface area contributed by atoms with E-state index < -0.39 is 12.0 Å². The predicted molar refractivity (Wildman–Crippen MR) is 161 cm³/mol. The first kappa shape index (κ1) is 29.3. The van der Waals surface area contributed by atoms with Gasteiger partial charge < -0.3 is 15.0 Å². The van der Waals surface area contributed by atoms with Gasteiger partial charge in [-0.15, -0.1) is 0 Å². The summed E-state index contributed by atoms with van der Waals surface area (Å²) in [5.74, 6) is -0.323. The summed E-state index contributed by atoms with van der Waals surface area (Å²) in [6.45, 7) is 1.67. The molecule has 1 amide bonds. The third kappa shape index (κ3) is 6.66. The molecular weight excluding hydrogens is 545 g/mol. The molecule has 0 aliphatic heterocycles. The van der Waals surface area contributed by atoms with E-state index in [9.17, 15) is 14.0 Å². The highest BCUT2D eigenvalue weighted by molar-refractivity contribution is 5.97. The number of methoxy groups -OCH3 is 1. The fraction of sp³-hybridized carbons (Fsp3) is 0.206. The number of pyridine rings is 1. The van der Waals surface area contributed by atoms with Crippen molar-refractivity contribution >= 4 is 22.7 Å². The maximum atomic E-state index is 14.3. The van der Waals surface area contributed by atoms with Crippen LogP contribution in [0.4, 0.5) is 4.39 Å². The van der Waals surface area contributed by atoms with Crippen molar-refractivity contribution in [2.45, 2.75) is 38.8 Å². The number of halogens is 1. The summed E-state index contributed by atoms with van der Waals surface area (Å²) in [6.07, 6.45) is 0.653. The summed E-state index contributed by atoms with van der Waals surface area (Å²) in [6, 6.07) is 25.6. The normalized spacial score (nSPS) is 11.8. The van der Waals surface area contributed by atoms with Crippen LogP contribution in [-0.2, 0) is 35.3 Å². The Labute approximate surface area is 248 Å². The molecule has 0 aliphatic rings. The molecule has 0 spiro atoms. The van der Waals surface area contributed by atoms with Crippen LogP contribution in [0.5, 0.6) is 0 Å². The molecule has 0 bridgehead atoms. The van der Waals surface area contributed by atoms with Crippen molar-refractivity contribution in [1.82, 2.24) is 14.5 Å². The Morgan fingerprint density at radius 1 is 1.02 bits per heavy atom. The van der Waals surface area contributed by atoms with Crippen LogP contribution in [0.25, 0.3) is 22.3 Å². The number of aryl methyl sites for hydroxylation is 2. The van der Waals surface area contributed by atoms with Crippen LogP contribution in [0.3, 0.4) is 0 Å². The van der Waals surface area contributed by atoms with Gasteiger partial charge in [0.25, 0.3) is 0 Å². The number of ketones is 1. The van der Waals surface area contributed by atoms with Gasteiger partial charge in [-0.25, -0.2) is 9.37 Å². The molecule has 0 aliphatic carbocycles. The molecular formula is C34H30FN5O3. The molecule has 0 saturated heterocycles. The number of imidazole rings is 1. The maximum absolute atomic E-state index is 14.3. The van der Waals surface area contributed by atoms with E-state index in [1.165, 1.54) is 20.1 Å². The zero-order valence-corrected chi connectivity index (χ0v) is 23.9. The number of aromatic nitrogens is 3. The van der Waals surface area contributed by atoms with Gasteiger partial charge in [0.05, 0.1) is 34.9 Å². The summed E-state index contributed by atoms with van der Waals surface area (Å²) in [5.41, 5.74) is 12.0. The van der Waals surface area contributed by atoms with Gasteiger partial charge in [-0.05, 0) is 73.4 Å². The van der Waals surface area contributed by atoms with Crippen molar-refractivity contribution in [1.29, 1.82) is 5.26 Å². The lowest BCUT2D eigenvalue weighted by Gasteiger charge is -2.16. The van der Waals surface area contributed by atoms with E-state index in [2.05, 4.69) is 0 Å². The predicted octanol–water partition coefficient (Wildman–Crippen LogP) is 5.19. The zero-order valence-electron chi connectivity index (χ0n) is 23.9. The van der Waals surface area contributed by atoms with E-state index in [-0.39, 0.29) is 18.1 Å². The lowest BCUT2D eigenvalue weighted by molar-refractivity contribution is -0.128. The second-order valence-corrected chi connectivity index (χ2v) is 10.3. The topological polar surface area (TPSA) is 124 Å². The minimum absolute atomic E-state index is 0.0657. The van der Waals surface area contributed by atoms with Gasteiger partial charge in [0.15, 0.2) is 11.9 Å². The van der Waals surface area contributed by atoms with Crippen LogP contribution in [-0.4, -0.2) is 39.4 Å². The quantitative estimate of drug-likeness (QED) is 0.216. The molecule has 0 radical (unpaired) electrons. The van der Waals surface area contributed by atoms with Gasteiger partial charge in [-0.1, -0.05) is 36.4 Å². The highest BCUT2D eigenvalue weighted by Gasteiger charge is 2.20. The van der Waals surface area contributed by atoms with Crippen molar-refractivity contribution in [3.05, 3.63) is 118 Å². The maximum Gasteiger partial charge on any atom is 0.248 e. The summed E-state index contributed by atoms with van der Waals surface area (Å²) in [4.78, 5) is 33.6. The van der Waals surface area contributed by atoms with Crippen molar-refractivity contribution in [3.63, 3.8) is 0 Å². The first-order valence-electron chi connectivity index (χ1n) is 13.8. The summed E-state index contributed by atoms with van der Waals surface area (Å²) < 4.78 is 21.5. The van der Waals surface area contributed by atoms with Gasteiger partial charge in [0, 0.05) is 30.4 Å². The Morgan fingerprint density at radius 3 is 2.49 bits per heavy atom. The van der Waals surface area contributed by atoms with E-state index >= 15 is 0 Å². The van der Waals surface area contributed by atoms with E-state index in [1.807, 2.05) is 53.1 Å². The Bertz CT molecular complexity index is 1860. The fourth-order valence-corrected chi connectivity index (χ4v) is 5.01. The minimum atomic E-state index is -0.855. The third-order valence-electron chi connectivity index (χ3n) is 7.44. The van der Waals surface area contributed by atoms with Crippen molar-refractivity contribution in [2.75, 3.05) is 7.11 Å². The lowest BCUT2D eigenvalue weighted by atomic mass is 10.0. The van der Waals surface area contributed by atoms with Gasteiger partial charge in [-0.2, -0.15) is 5.26 Å². The second-order valence-electron chi connectivity index (χ2n) is 10.3. The molecule has 3 aromatic carbocycles. The Hall–Kier alpha value is -5.20. The highest BCUT2D eigenvalue weighted by Crippen LogP contribution is 2.24.